The zero-order valence-electron chi connectivity index (χ0n) is 15.9. The van der Waals surface area contributed by atoms with Crippen LogP contribution in [-0.4, -0.2) is 47.6 Å². The topological polar surface area (TPSA) is 94.5 Å². The van der Waals surface area contributed by atoms with Crippen molar-refractivity contribution in [2.45, 2.75) is 26.8 Å². The van der Waals surface area contributed by atoms with E-state index in [1.54, 1.807) is 17.8 Å². The van der Waals surface area contributed by atoms with E-state index in [-0.39, 0.29) is 5.56 Å². The number of hydrogen-bond acceptors (Lipinski definition) is 7. The molecule has 11 heteroatoms. The largest absolute Gasteiger partial charge is 0.465 e. The Morgan fingerprint density at radius 1 is 1.29 bits per heavy atom. The Hall–Kier alpha value is -2.17. The molecule has 0 atom stereocenters. The molecule has 8 nitrogen and oxygen atoms in total. The number of carbonyl (C=O) groups is 2. The second-order valence-electron chi connectivity index (χ2n) is 5.80. The van der Waals surface area contributed by atoms with Crippen molar-refractivity contribution in [2.75, 3.05) is 26.1 Å². The predicted molar refractivity (Wildman–Crippen MR) is 113 cm³/mol. The summed E-state index contributed by atoms with van der Waals surface area (Å²) in [6.07, 6.45) is 2.54. The summed E-state index contributed by atoms with van der Waals surface area (Å²) in [5, 5.41) is 11.7. The third-order valence-electron chi connectivity index (χ3n) is 3.87. The van der Waals surface area contributed by atoms with Crippen LogP contribution >= 0.6 is 35.2 Å². The van der Waals surface area contributed by atoms with Crippen molar-refractivity contribution < 1.29 is 19.1 Å². The summed E-state index contributed by atoms with van der Waals surface area (Å²) in [6, 6.07) is 0. The minimum absolute atomic E-state index is 0.263. The Bertz CT molecular complexity index is 875. The predicted octanol–water partition coefficient (Wildman–Crippen LogP) is 3.16. The number of hydrogen-bond donors (Lipinski definition) is 2. The number of methoxy groups -OCH3 is 2. The molecule has 2 heterocycles. The van der Waals surface area contributed by atoms with Crippen molar-refractivity contribution in [3.05, 3.63) is 32.9 Å². The van der Waals surface area contributed by atoms with Crippen LogP contribution in [0.1, 0.15) is 37.7 Å². The third-order valence-corrected chi connectivity index (χ3v) is 5.67. The molecular weight excluding hydrogens is 424 g/mol. The fourth-order valence-electron chi connectivity index (χ4n) is 2.44. The lowest BCUT2D eigenvalue weighted by Crippen LogP contribution is -2.30. The molecule has 0 aliphatic rings. The molecule has 0 aliphatic heterocycles. The van der Waals surface area contributed by atoms with Gasteiger partial charge in [0.25, 0.3) is 0 Å². The molecule has 2 rings (SSSR count). The highest BCUT2D eigenvalue weighted by atomic mass is 35.5. The molecule has 0 aliphatic carbocycles. The SMILES string of the molecule is COC(=O)c1sc(NC(=S)NCCCn2cc(Cl)c(C)n2)c(C(=O)OC)c1C. The quantitative estimate of drug-likeness (QED) is 0.382. The maximum atomic E-state index is 12.1. The van der Waals surface area contributed by atoms with Gasteiger partial charge in [-0.1, -0.05) is 11.6 Å². The normalized spacial score (nSPS) is 10.5. The number of rotatable bonds is 7. The van der Waals surface area contributed by atoms with Gasteiger partial charge in [-0.3, -0.25) is 4.68 Å². The zero-order valence-corrected chi connectivity index (χ0v) is 18.3. The number of esters is 2. The summed E-state index contributed by atoms with van der Waals surface area (Å²) in [5.41, 5.74) is 1.54. The maximum absolute atomic E-state index is 12.1. The van der Waals surface area contributed by atoms with E-state index in [1.807, 2.05) is 6.92 Å². The van der Waals surface area contributed by atoms with Crippen LogP contribution in [0, 0.1) is 13.8 Å². The van der Waals surface area contributed by atoms with E-state index >= 15 is 0 Å². The summed E-state index contributed by atoms with van der Waals surface area (Å²) in [5.74, 6) is -1.08. The molecular formula is C17H21ClN4O4S2. The molecule has 2 N–H and O–H groups in total. The summed E-state index contributed by atoms with van der Waals surface area (Å²) in [6.45, 7) is 4.78. The van der Waals surface area contributed by atoms with Gasteiger partial charge in [0, 0.05) is 19.3 Å². The zero-order chi connectivity index (χ0) is 20.8. The summed E-state index contributed by atoms with van der Waals surface area (Å²) in [4.78, 5) is 24.3. The summed E-state index contributed by atoms with van der Waals surface area (Å²) in [7, 11) is 2.56. The number of aryl methyl sites for hydroxylation is 2. The van der Waals surface area contributed by atoms with E-state index in [2.05, 4.69) is 15.7 Å². The molecule has 2 aromatic rings. The summed E-state index contributed by atoms with van der Waals surface area (Å²) >= 11 is 12.4. The van der Waals surface area contributed by atoms with Crippen LogP contribution in [0.2, 0.25) is 5.02 Å². The highest BCUT2D eigenvalue weighted by Gasteiger charge is 2.26. The summed E-state index contributed by atoms with van der Waals surface area (Å²) < 4.78 is 11.4. The van der Waals surface area contributed by atoms with Gasteiger partial charge in [-0.15, -0.1) is 11.3 Å². The van der Waals surface area contributed by atoms with E-state index in [0.717, 1.165) is 23.5 Å². The molecule has 2 aromatic heterocycles. The Morgan fingerprint density at radius 3 is 2.54 bits per heavy atom. The number of carbonyl (C=O) groups excluding carboxylic acids is 2. The van der Waals surface area contributed by atoms with Gasteiger partial charge in [0.2, 0.25) is 0 Å². The number of thiocarbonyl (C=S) groups is 1. The van der Waals surface area contributed by atoms with Crippen LogP contribution in [0.3, 0.4) is 0 Å². The Labute approximate surface area is 177 Å². The average molecular weight is 445 g/mol. The maximum Gasteiger partial charge on any atom is 0.348 e. The lowest BCUT2D eigenvalue weighted by atomic mass is 10.1. The van der Waals surface area contributed by atoms with Crippen LogP contribution < -0.4 is 10.6 Å². The highest BCUT2D eigenvalue weighted by Crippen LogP contribution is 2.34. The van der Waals surface area contributed by atoms with Crippen LogP contribution in [-0.2, 0) is 16.0 Å². The molecule has 0 saturated carbocycles. The van der Waals surface area contributed by atoms with Gasteiger partial charge in [-0.25, -0.2) is 9.59 Å². The van der Waals surface area contributed by atoms with Crippen LogP contribution in [0.15, 0.2) is 6.20 Å². The Kier molecular flexibility index (Phi) is 7.78. The standard InChI is InChI=1S/C17H21ClN4O4S2/c1-9-12(15(23)25-3)14(28-13(9)16(24)26-4)20-17(27)19-6-5-7-22-8-11(18)10(2)21-22/h8H,5-7H2,1-4H3,(H2,19,20,27). The number of nitrogens with one attached hydrogen (secondary N) is 2. The van der Waals surface area contributed by atoms with Gasteiger partial charge in [-0.2, -0.15) is 5.10 Å². The van der Waals surface area contributed by atoms with Gasteiger partial charge in [-0.05, 0) is 38.0 Å². The molecule has 0 fully saturated rings. The fourth-order valence-corrected chi connectivity index (χ4v) is 3.97. The lowest BCUT2D eigenvalue weighted by molar-refractivity contribution is 0.0601. The van der Waals surface area contributed by atoms with Gasteiger partial charge < -0.3 is 20.1 Å². The van der Waals surface area contributed by atoms with Crippen molar-refractivity contribution in [1.29, 1.82) is 0 Å². The number of ether oxygens (including phenoxy) is 2. The minimum atomic E-state index is -0.555. The van der Waals surface area contributed by atoms with Gasteiger partial charge >= 0.3 is 11.9 Å². The van der Waals surface area contributed by atoms with Gasteiger partial charge in [0.15, 0.2) is 5.11 Å². The molecule has 152 valence electrons. The first-order valence-corrected chi connectivity index (χ1v) is 9.93. The van der Waals surface area contributed by atoms with E-state index < -0.39 is 11.9 Å². The third kappa shape index (κ3) is 5.21. The molecule has 0 unspecified atom stereocenters. The molecule has 0 saturated heterocycles. The second kappa shape index (κ2) is 9.85. The van der Waals surface area contributed by atoms with Crippen LogP contribution in [0.25, 0.3) is 0 Å². The van der Waals surface area contributed by atoms with Crippen molar-refractivity contribution in [3.8, 4) is 0 Å². The smallest absolute Gasteiger partial charge is 0.348 e. The molecule has 0 spiro atoms. The highest BCUT2D eigenvalue weighted by molar-refractivity contribution is 7.80. The number of anilines is 1. The first-order valence-electron chi connectivity index (χ1n) is 8.32. The van der Waals surface area contributed by atoms with Gasteiger partial charge in [0.05, 0.1) is 30.5 Å². The number of thiophene rings is 1. The molecule has 0 aromatic carbocycles. The lowest BCUT2D eigenvalue weighted by Gasteiger charge is -2.10. The van der Waals surface area contributed by atoms with E-state index in [0.29, 0.717) is 38.7 Å². The van der Waals surface area contributed by atoms with Crippen molar-refractivity contribution in [3.63, 3.8) is 0 Å². The first kappa shape index (κ1) is 22.1. The minimum Gasteiger partial charge on any atom is -0.465 e. The Balaban J connectivity index is 1.98. The molecule has 28 heavy (non-hydrogen) atoms. The molecule has 0 amide bonds. The van der Waals surface area contributed by atoms with Gasteiger partial charge in [0.1, 0.15) is 9.88 Å². The molecule has 0 radical (unpaired) electrons. The van der Waals surface area contributed by atoms with E-state index in [1.165, 1.54) is 14.2 Å². The second-order valence-corrected chi connectivity index (χ2v) is 7.64. The number of nitrogens with zero attached hydrogens (tertiary/aromatic N) is 2. The average Bonchev–Trinajstić information content (AvgIpc) is 3.16. The number of aromatic nitrogens is 2. The van der Waals surface area contributed by atoms with Crippen LogP contribution in [0.5, 0.6) is 0 Å². The van der Waals surface area contributed by atoms with E-state index in [4.69, 9.17) is 33.3 Å². The Morgan fingerprint density at radius 2 is 1.96 bits per heavy atom. The number of halogens is 1. The first-order chi connectivity index (χ1) is 13.3. The van der Waals surface area contributed by atoms with E-state index in [9.17, 15) is 9.59 Å². The van der Waals surface area contributed by atoms with Crippen LogP contribution in [0.4, 0.5) is 5.00 Å². The van der Waals surface area contributed by atoms with Crippen molar-refractivity contribution in [2.24, 2.45) is 0 Å². The fraction of sp³-hybridized carbons (Fsp3) is 0.412. The van der Waals surface area contributed by atoms with Crippen molar-refractivity contribution >= 4 is 57.2 Å². The monoisotopic (exact) mass is 444 g/mol. The molecule has 0 bridgehead atoms. The van der Waals surface area contributed by atoms with Crippen molar-refractivity contribution in [1.82, 2.24) is 15.1 Å².